The summed E-state index contributed by atoms with van der Waals surface area (Å²) in [6.07, 6.45) is 2.93. The fourth-order valence-corrected chi connectivity index (χ4v) is 5.00. The average Bonchev–Trinajstić information content (AvgIpc) is 3.00. The molecule has 29 heavy (non-hydrogen) atoms. The number of thioether (sulfide) groups is 1. The van der Waals surface area contributed by atoms with Crippen molar-refractivity contribution in [2.75, 3.05) is 11.9 Å². The van der Waals surface area contributed by atoms with Gasteiger partial charge in [-0.1, -0.05) is 36.7 Å². The van der Waals surface area contributed by atoms with Gasteiger partial charge in [0, 0.05) is 23.3 Å². The Balaban J connectivity index is 1.66. The quantitative estimate of drug-likeness (QED) is 0.604. The van der Waals surface area contributed by atoms with Crippen LogP contribution in [0.4, 0.5) is 11.4 Å². The Morgan fingerprint density at radius 3 is 2.72 bits per heavy atom. The van der Waals surface area contributed by atoms with Gasteiger partial charge >= 0.3 is 0 Å². The van der Waals surface area contributed by atoms with E-state index in [1.807, 2.05) is 42.5 Å². The number of hydrogen-bond acceptors (Lipinski definition) is 4. The van der Waals surface area contributed by atoms with Crippen LogP contribution in [0.15, 0.2) is 52.4 Å². The summed E-state index contributed by atoms with van der Waals surface area (Å²) in [7, 11) is 2.12. The SMILES string of the molecule is CC1CC(C)(C)N(C)c2cc(Cl)c(/C=C3\SC(=Nc4ccccc4)NC3=O)cc21. The monoisotopic (exact) mass is 425 g/mol. The first kappa shape index (κ1) is 20.0. The summed E-state index contributed by atoms with van der Waals surface area (Å²) in [5, 5.41) is 4.06. The van der Waals surface area contributed by atoms with Crippen molar-refractivity contribution in [3.63, 3.8) is 0 Å². The normalized spacial score (nSPS) is 23.4. The predicted octanol–water partition coefficient (Wildman–Crippen LogP) is 5.95. The molecule has 1 fully saturated rings. The van der Waals surface area contributed by atoms with Crippen LogP contribution in [0.5, 0.6) is 0 Å². The molecule has 0 bridgehead atoms. The largest absolute Gasteiger partial charge is 0.369 e. The fourth-order valence-electron chi connectivity index (χ4n) is 3.96. The summed E-state index contributed by atoms with van der Waals surface area (Å²) in [6, 6.07) is 13.7. The number of carbonyl (C=O) groups is 1. The molecule has 0 spiro atoms. The van der Waals surface area contributed by atoms with Crippen LogP contribution in [0, 0.1) is 0 Å². The standard InChI is InChI=1S/C23H24ClN3OS/c1-14-13-23(2,3)27(4)19-12-18(24)15(10-17(14)19)11-20-21(28)26-22(29-20)25-16-8-6-5-7-9-16/h5-12,14H,13H2,1-4H3,(H,25,26,28)/b20-11-. The number of hydrogen-bond donors (Lipinski definition) is 1. The van der Waals surface area contributed by atoms with Gasteiger partial charge in [-0.05, 0) is 79.4 Å². The van der Waals surface area contributed by atoms with E-state index >= 15 is 0 Å². The van der Waals surface area contributed by atoms with Crippen molar-refractivity contribution >= 4 is 51.9 Å². The van der Waals surface area contributed by atoms with E-state index in [0.29, 0.717) is 21.0 Å². The van der Waals surface area contributed by atoms with Crippen molar-refractivity contribution in [2.24, 2.45) is 4.99 Å². The third-order valence-electron chi connectivity index (χ3n) is 5.68. The molecule has 1 N–H and O–H groups in total. The molecule has 1 saturated heterocycles. The van der Waals surface area contributed by atoms with Gasteiger partial charge in [-0.25, -0.2) is 4.99 Å². The van der Waals surface area contributed by atoms with E-state index in [9.17, 15) is 4.79 Å². The molecule has 0 aromatic heterocycles. The number of aliphatic imine (C=N–C) groups is 1. The van der Waals surface area contributed by atoms with Crippen LogP contribution in [0.1, 0.15) is 44.2 Å². The molecule has 150 valence electrons. The number of amides is 1. The second-order valence-corrected chi connectivity index (χ2v) is 9.66. The highest BCUT2D eigenvalue weighted by atomic mass is 35.5. The van der Waals surface area contributed by atoms with E-state index in [-0.39, 0.29) is 11.4 Å². The molecular weight excluding hydrogens is 402 g/mol. The highest BCUT2D eigenvalue weighted by Gasteiger charge is 2.34. The van der Waals surface area contributed by atoms with E-state index in [0.717, 1.165) is 23.4 Å². The van der Waals surface area contributed by atoms with Crippen LogP contribution in [0.2, 0.25) is 5.02 Å². The van der Waals surface area contributed by atoms with Crippen LogP contribution in [0.3, 0.4) is 0 Å². The minimum absolute atomic E-state index is 0.0831. The summed E-state index contributed by atoms with van der Waals surface area (Å²) in [5.74, 6) is 0.274. The van der Waals surface area contributed by atoms with Gasteiger partial charge in [0.25, 0.3) is 5.91 Å². The zero-order chi connectivity index (χ0) is 20.8. The average molecular weight is 426 g/mol. The molecule has 2 aromatic rings. The lowest BCUT2D eigenvalue weighted by molar-refractivity contribution is -0.115. The number of para-hydroxylation sites is 1. The van der Waals surface area contributed by atoms with Crippen LogP contribution < -0.4 is 10.2 Å². The van der Waals surface area contributed by atoms with Crippen molar-refractivity contribution < 1.29 is 4.79 Å². The molecule has 6 heteroatoms. The first-order valence-electron chi connectivity index (χ1n) is 9.66. The molecule has 2 aliphatic heterocycles. The first-order valence-corrected chi connectivity index (χ1v) is 10.9. The maximum atomic E-state index is 12.4. The minimum Gasteiger partial charge on any atom is -0.369 e. The zero-order valence-corrected chi connectivity index (χ0v) is 18.6. The Kier molecular flexibility index (Phi) is 5.21. The van der Waals surface area contributed by atoms with Crippen molar-refractivity contribution in [3.8, 4) is 0 Å². The molecule has 2 heterocycles. The molecule has 1 atom stereocenters. The van der Waals surface area contributed by atoms with Gasteiger partial charge in [0.15, 0.2) is 5.17 Å². The molecule has 0 aliphatic carbocycles. The summed E-state index contributed by atoms with van der Waals surface area (Å²) in [6.45, 7) is 6.76. The van der Waals surface area contributed by atoms with E-state index in [4.69, 9.17) is 11.6 Å². The molecular formula is C23H24ClN3OS. The maximum Gasteiger partial charge on any atom is 0.264 e. The molecule has 2 aliphatic rings. The molecule has 1 amide bonds. The number of fused-ring (bicyclic) bond motifs is 1. The van der Waals surface area contributed by atoms with E-state index in [1.54, 1.807) is 0 Å². The van der Waals surface area contributed by atoms with Gasteiger partial charge in [-0.15, -0.1) is 0 Å². The van der Waals surface area contributed by atoms with Crippen LogP contribution in [-0.4, -0.2) is 23.7 Å². The van der Waals surface area contributed by atoms with Crippen molar-refractivity contribution in [3.05, 3.63) is 63.5 Å². The van der Waals surface area contributed by atoms with Gasteiger partial charge in [-0.3, -0.25) is 4.79 Å². The minimum atomic E-state index is -0.148. The van der Waals surface area contributed by atoms with E-state index in [2.05, 4.69) is 49.1 Å². The highest BCUT2D eigenvalue weighted by Crippen LogP contribution is 2.45. The number of nitrogens with zero attached hydrogens (tertiary/aromatic N) is 2. The van der Waals surface area contributed by atoms with Crippen LogP contribution in [-0.2, 0) is 4.79 Å². The van der Waals surface area contributed by atoms with Gasteiger partial charge in [0.2, 0.25) is 0 Å². The summed E-state index contributed by atoms with van der Waals surface area (Å²) < 4.78 is 0. The fraction of sp³-hybridized carbons (Fsp3) is 0.304. The third kappa shape index (κ3) is 3.94. The van der Waals surface area contributed by atoms with Crippen molar-refractivity contribution in [1.82, 2.24) is 5.32 Å². The summed E-state index contributed by atoms with van der Waals surface area (Å²) >= 11 is 7.95. The topological polar surface area (TPSA) is 44.7 Å². The van der Waals surface area contributed by atoms with E-state index in [1.165, 1.54) is 17.3 Å². The lowest BCUT2D eigenvalue weighted by Gasteiger charge is -2.45. The van der Waals surface area contributed by atoms with Gasteiger partial charge in [-0.2, -0.15) is 0 Å². The number of benzene rings is 2. The van der Waals surface area contributed by atoms with Crippen molar-refractivity contribution in [1.29, 1.82) is 0 Å². The Morgan fingerprint density at radius 2 is 2.00 bits per heavy atom. The second-order valence-electron chi connectivity index (χ2n) is 8.23. The van der Waals surface area contributed by atoms with Gasteiger partial charge in [0.1, 0.15) is 0 Å². The number of rotatable bonds is 2. The zero-order valence-electron chi connectivity index (χ0n) is 17.0. The van der Waals surface area contributed by atoms with Crippen LogP contribution in [0.25, 0.3) is 6.08 Å². The van der Waals surface area contributed by atoms with Crippen LogP contribution >= 0.6 is 23.4 Å². The first-order chi connectivity index (χ1) is 13.7. The number of amidine groups is 1. The molecule has 0 saturated carbocycles. The Morgan fingerprint density at radius 1 is 1.28 bits per heavy atom. The molecule has 4 nitrogen and oxygen atoms in total. The summed E-state index contributed by atoms with van der Waals surface area (Å²) in [4.78, 5) is 19.8. The number of halogens is 1. The highest BCUT2D eigenvalue weighted by molar-refractivity contribution is 8.18. The molecule has 1 unspecified atom stereocenters. The Labute approximate surface area is 181 Å². The molecule has 0 radical (unpaired) electrons. The smallest absolute Gasteiger partial charge is 0.264 e. The number of carbonyl (C=O) groups excluding carboxylic acids is 1. The third-order valence-corrected chi connectivity index (χ3v) is 6.91. The number of nitrogens with one attached hydrogen (secondary N) is 1. The Hall–Kier alpha value is -2.24. The van der Waals surface area contributed by atoms with Gasteiger partial charge in [0.05, 0.1) is 10.6 Å². The lowest BCUT2D eigenvalue weighted by Crippen LogP contribution is -2.45. The summed E-state index contributed by atoms with van der Waals surface area (Å²) in [5.41, 5.74) is 4.19. The van der Waals surface area contributed by atoms with Crippen molar-refractivity contribution in [2.45, 2.75) is 38.6 Å². The van der Waals surface area contributed by atoms with E-state index < -0.39 is 0 Å². The van der Waals surface area contributed by atoms with Gasteiger partial charge < -0.3 is 10.2 Å². The predicted molar refractivity (Wildman–Crippen MR) is 124 cm³/mol. The Bertz CT molecular complexity index is 1030. The molecule has 2 aromatic carbocycles. The maximum absolute atomic E-state index is 12.4. The second kappa shape index (κ2) is 7.54. The lowest BCUT2D eigenvalue weighted by atomic mass is 9.80. The molecule has 4 rings (SSSR count). The number of anilines is 1.